The van der Waals surface area contributed by atoms with Crippen molar-refractivity contribution >= 4 is 5.97 Å². The van der Waals surface area contributed by atoms with E-state index in [2.05, 4.69) is 0 Å². The summed E-state index contributed by atoms with van der Waals surface area (Å²) in [6, 6.07) is 29.9. The summed E-state index contributed by atoms with van der Waals surface area (Å²) >= 11 is 0. The van der Waals surface area contributed by atoms with E-state index in [1.165, 1.54) is 0 Å². The van der Waals surface area contributed by atoms with E-state index in [1.54, 1.807) is 0 Å². The lowest BCUT2D eigenvalue weighted by atomic mass is 9.80. The van der Waals surface area contributed by atoms with Crippen LogP contribution in [0.1, 0.15) is 37.0 Å². The minimum atomic E-state index is -0.963. The van der Waals surface area contributed by atoms with Gasteiger partial charge in [-0.3, -0.25) is 4.79 Å². The van der Waals surface area contributed by atoms with Gasteiger partial charge in [0, 0.05) is 23.1 Å². The number of esters is 1. The van der Waals surface area contributed by atoms with Gasteiger partial charge < -0.3 is 4.74 Å². The Labute approximate surface area is 155 Å². The Morgan fingerprint density at radius 3 is 1.38 bits per heavy atom. The van der Waals surface area contributed by atoms with E-state index in [-0.39, 0.29) is 11.9 Å². The maximum atomic E-state index is 12.8. The van der Waals surface area contributed by atoms with E-state index in [1.807, 2.05) is 105 Å². The highest BCUT2D eigenvalue weighted by Gasteiger charge is 2.40. The van der Waals surface area contributed by atoms with Gasteiger partial charge in [-0.2, -0.15) is 0 Å². The van der Waals surface area contributed by atoms with Gasteiger partial charge in [0.25, 0.3) is 0 Å². The molecule has 0 bridgehead atoms. The fourth-order valence-electron chi connectivity index (χ4n) is 3.24. The third-order valence-electron chi connectivity index (χ3n) is 4.38. The maximum absolute atomic E-state index is 12.8. The first-order chi connectivity index (χ1) is 12.6. The molecule has 0 heterocycles. The number of carbonyl (C=O) groups excluding carboxylic acids is 1. The zero-order valence-corrected chi connectivity index (χ0v) is 15.3. The van der Waals surface area contributed by atoms with Crippen LogP contribution in [-0.4, -0.2) is 5.97 Å². The molecule has 3 rings (SSSR count). The predicted octanol–water partition coefficient (Wildman–Crippen LogP) is 5.57. The number of benzene rings is 3. The Balaban J connectivity index is 2.23. The summed E-state index contributed by atoms with van der Waals surface area (Å²) in [6.07, 6.45) is 0.383. The van der Waals surface area contributed by atoms with Crippen LogP contribution in [-0.2, 0) is 15.1 Å². The lowest BCUT2D eigenvalue weighted by Gasteiger charge is -2.35. The Bertz CT molecular complexity index is 727. The molecule has 0 saturated heterocycles. The van der Waals surface area contributed by atoms with Gasteiger partial charge in [-0.05, 0) is 5.92 Å². The van der Waals surface area contributed by atoms with E-state index >= 15 is 0 Å². The van der Waals surface area contributed by atoms with Crippen molar-refractivity contribution in [1.29, 1.82) is 0 Å². The van der Waals surface area contributed by atoms with Crippen molar-refractivity contribution in [3.05, 3.63) is 108 Å². The Hall–Kier alpha value is -2.87. The molecule has 0 N–H and O–H groups in total. The molecular formula is C24H24O2. The van der Waals surface area contributed by atoms with Gasteiger partial charge in [-0.25, -0.2) is 0 Å². The molecule has 0 unspecified atom stereocenters. The zero-order valence-electron chi connectivity index (χ0n) is 15.3. The predicted molar refractivity (Wildman–Crippen MR) is 105 cm³/mol. The molecule has 0 fully saturated rings. The Morgan fingerprint density at radius 2 is 1.08 bits per heavy atom. The molecule has 0 radical (unpaired) electrons. The van der Waals surface area contributed by atoms with Crippen LogP contribution >= 0.6 is 0 Å². The number of rotatable bonds is 6. The van der Waals surface area contributed by atoms with Crippen LogP contribution in [0.5, 0.6) is 0 Å². The molecular weight excluding hydrogens is 320 g/mol. The fourth-order valence-corrected chi connectivity index (χ4v) is 3.24. The highest BCUT2D eigenvalue weighted by molar-refractivity contribution is 5.72. The highest BCUT2D eigenvalue weighted by atomic mass is 16.6. The molecule has 3 aromatic carbocycles. The third kappa shape index (κ3) is 3.70. The van der Waals surface area contributed by atoms with Gasteiger partial charge in [0.2, 0.25) is 0 Å². The molecule has 0 aliphatic carbocycles. The van der Waals surface area contributed by atoms with Gasteiger partial charge in [0.05, 0.1) is 0 Å². The first-order valence-electron chi connectivity index (χ1n) is 9.01. The van der Waals surface area contributed by atoms with Crippen LogP contribution in [0, 0.1) is 5.92 Å². The van der Waals surface area contributed by atoms with Crippen LogP contribution in [0.25, 0.3) is 0 Å². The van der Waals surface area contributed by atoms with E-state index in [0.29, 0.717) is 6.42 Å². The van der Waals surface area contributed by atoms with Gasteiger partial charge in [0.1, 0.15) is 0 Å². The second-order valence-electron chi connectivity index (χ2n) is 6.85. The van der Waals surface area contributed by atoms with Crippen molar-refractivity contribution in [2.24, 2.45) is 5.92 Å². The highest BCUT2D eigenvalue weighted by Crippen LogP contribution is 2.40. The van der Waals surface area contributed by atoms with E-state index in [9.17, 15) is 4.79 Å². The smallest absolute Gasteiger partial charge is 0.307 e. The largest absolute Gasteiger partial charge is 0.444 e. The molecule has 132 valence electrons. The van der Waals surface area contributed by atoms with Crippen molar-refractivity contribution in [3.63, 3.8) is 0 Å². The lowest BCUT2D eigenvalue weighted by molar-refractivity contribution is -0.154. The standard InChI is InChI=1S/C24H24O2/c1-19(2)18-23(25)26-24(20-12-6-3-7-13-20,21-14-8-4-9-15-21)22-16-10-5-11-17-22/h3-17,19H,18H2,1-2H3. The van der Waals surface area contributed by atoms with Gasteiger partial charge in [-0.1, -0.05) is 105 Å². The summed E-state index contributed by atoms with van der Waals surface area (Å²) in [6.45, 7) is 4.05. The Kier molecular flexibility index (Phi) is 5.52. The normalized spacial score (nSPS) is 11.3. The second-order valence-corrected chi connectivity index (χ2v) is 6.85. The average molecular weight is 344 g/mol. The summed E-state index contributed by atoms with van der Waals surface area (Å²) in [5, 5.41) is 0. The summed E-state index contributed by atoms with van der Waals surface area (Å²) in [4.78, 5) is 12.8. The lowest BCUT2D eigenvalue weighted by Crippen LogP contribution is -2.35. The number of ether oxygens (including phenoxy) is 1. The number of hydrogen-bond donors (Lipinski definition) is 0. The molecule has 26 heavy (non-hydrogen) atoms. The van der Waals surface area contributed by atoms with Crippen LogP contribution in [0.4, 0.5) is 0 Å². The van der Waals surface area contributed by atoms with Crippen LogP contribution < -0.4 is 0 Å². The van der Waals surface area contributed by atoms with Crippen LogP contribution in [0.3, 0.4) is 0 Å². The Morgan fingerprint density at radius 1 is 0.731 bits per heavy atom. The monoisotopic (exact) mass is 344 g/mol. The molecule has 0 saturated carbocycles. The van der Waals surface area contributed by atoms with Crippen molar-refractivity contribution in [2.75, 3.05) is 0 Å². The summed E-state index contributed by atoms with van der Waals surface area (Å²) in [5.41, 5.74) is 1.86. The molecule has 0 aromatic heterocycles. The molecule has 2 heteroatoms. The summed E-state index contributed by atoms with van der Waals surface area (Å²) in [7, 11) is 0. The van der Waals surface area contributed by atoms with Crippen molar-refractivity contribution in [1.82, 2.24) is 0 Å². The van der Waals surface area contributed by atoms with Crippen molar-refractivity contribution in [3.8, 4) is 0 Å². The first kappa shape index (κ1) is 17.9. The average Bonchev–Trinajstić information content (AvgIpc) is 2.67. The quantitative estimate of drug-likeness (QED) is 0.432. The van der Waals surface area contributed by atoms with E-state index in [0.717, 1.165) is 16.7 Å². The molecule has 0 amide bonds. The molecule has 0 spiro atoms. The van der Waals surface area contributed by atoms with E-state index in [4.69, 9.17) is 4.74 Å². The van der Waals surface area contributed by atoms with E-state index < -0.39 is 5.60 Å². The molecule has 0 aliphatic rings. The summed E-state index contributed by atoms with van der Waals surface area (Å²) < 4.78 is 6.27. The number of hydrogen-bond acceptors (Lipinski definition) is 2. The SMILES string of the molecule is CC(C)CC(=O)OC(c1ccccc1)(c1ccccc1)c1ccccc1. The van der Waals surface area contributed by atoms with Gasteiger partial charge in [-0.15, -0.1) is 0 Å². The molecule has 3 aromatic rings. The zero-order chi connectivity index (χ0) is 18.4. The molecule has 0 aliphatic heterocycles. The topological polar surface area (TPSA) is 26.3 Å². The number of carbonyl (C=O) groups is 1. The van der Waals surface area contributed by atoms with Crippen LogP contribution in [0.2, 0.25) is 0 Å². The summed E-state index contributed by atoms with van der Waals surface area (Å²) in [5.74, 6) is 0.0408. The molecule has 0 atom stereocenters. The maximum Gasteiger partial charge on any atom is 0.307 e. The third-order valence-corrected chi connectivity index (χ3v) is 4.38. The minimum Gasteiger partial charge on any atom is -0.444 e. The fraction of sp³-hybridized carbons (Fsp3) is 0.208. The van der Waals surface area contributed by atoms with Crippen molar-refractivity contribution in [2.45, 2.75) is 25.9 Å². The van der Waals surface area contributed by atoms with Gasteiger partial charge >= 0.3 is 5.97 Å². The minimum absolute atomic E-state index is 0.198. The van der Waals surface area contributed by atoms with Gasteiger partial charge in [0.15, 0.2) is 5.60 Å². The first-order valence-corrected chi connectivity index (χ1v) is 9.01. The van der Waals surface area contributed by atoms with Crippen molar-refractivity contribution < 1.29 is 9.53 Å². The molecule has 2 nitrogen and oxygen atoms in total. The second kappa shape index (κ2) is 8.01. The van der Waals surface area contributed by atoms with Crippen LogP contribution in [0.15, 0.2) is 91.0 Å².